The van der Waals surface area contributed by atoms with Crippen LogP contribution in [0.15, 0.2) is 48.7 Å². The number of halogens is 1. The van der Waals surface area contributed by atoms with E-state index in [2.05, 4.69) is 50.4 Å². The SMILES string of the molecule is O=C1NC[C@](c2ccccc2)(C2CCOCC2)N1C1CCN(Cc2ccc(Cl)nc2)CC1. The third kappa shape index (κ3) is 4.12. The van der Waals surface area contributed by atoms with Crippen molar-refractivity contribution in [3.63, 3.8) is 0 Å². The number of carbonyl (C=O) groups is 1. The van der Waals surface area contributed by atoms with Crippen LogP contribution in [0.5, 0.6) is 0 Å². The minimum Gasteiger partial charge on any atom is -0.381 e. The molecule has 7 heteroatoms. The van der Waals surface area contributed by atoms with E-state index >= 15 is 0 Å². The molecule has 0 spiro atoms. The number of urea groups is 1. The number of hydrogen-bond donors (Lipinski definition) is 1. The molecule has 3 fully saturated rings. The van der Waals surface area contributed by atoms with Gasteiger partial charge in [-0.25, -0.2) is 9.78 Å². The monoisotopic (exact) mass is 454 g/mol. The van der Waals surface area contributed by atoms with Crippen molar-refractivity contribution < 1.29 is 9.53 Å². The number of aromatic nitrogens is 1. The zero-order valence-corrected chi connectivity index (χ0v) is 19.1. The summed E-state index contributed by atoms with van der Waals surface area (Å²) < 4.78 is 5.68. The summed E-state index contributed by atoms with van der Waals surface area (Å²) in [4.78, 5) is 22.1. The number of pyridine rings is 1. The molecular weight excluding hydrogens is 424 g/mol. The van der Waals surface area contributed by atoms with Gasteiger partial charge in [-0.1, -0.05) is 48.0 Å². The van der Waals surface area contributed by atoms with Gasteiger partial charge in [0, 0.05) is 51.6 Å². The van der Waals surface area contributed by atoms with Crippen molar-refractivity contribution in [2.24, 2.45) is 5.92 Å². The maximum atomic E-state index is 13.3. The van der Waals surface area contributed by atoms with Gasteiger partial charge in [-0.3, -0.25) is 4.90 Å². The first-order valence-electron chi connectivity index (χ1n) is 11.7. The smallest absolute Gasteiger partial charge is 0.318 e. The number of piperidine rings is 1. The van der Waals surface area contributed by atoms with Gasteiger partial charge in [-0.2, -0.15) is 0 Å². The molecule has 3 saturated heterocycles. The largest absolute Gasteiger partial charge is 0.381 e. The second kappa shape index (κ2) is 9.38. The Kier molecular flexibility index (Phi) is 6.35. The Morgan fingerprint density at radius 2 is 1.81 bits per heavy atom. The summed E-state index contributed by atoms with van der Waals surface area (Å²) in [6.45, 7) is 5.03. The van der Waals surface area contributed by atoms with E-state index in [0.29, 0.717) is 17.6 Å². The van der Waals surface area contributed by atoms with E-state index in [0.717, 1.165) is 58.5 Å². The van der Waals surface area contributed by atoms with Gasteiger partial charge in [0.2, 0.25) is 0 Å². The van der Waals surface area contributed by atoms with E-state index in [4.69, 9.17) is 16.3 Å². The number of amides is 2. The van der Waals surface area contributed by atoms with Crippen molar-refractivity contribution in [1.29, 1.82) is 0 Å². The fourth-order valence-corrected chi connectivity index (χ4v) is 5.98. The first-order valence-corrected chi connectivity index (χ1v) is 12.1. The van der Waals surface area contributed by atoms with Gasteiger partial charge in [0.25, 0.3) is 0 Å². The molecule has 32 heavy (non-hydrogen) atoms. The molecule has 1 aromatic heterocycles. The van der Waals surface area contributed by atoms with E-state index < -0.39 is 0 Å². The molecule has 3 aliphatic heterocycles. The number of ether oxygens (including phenoxy) is 1. The summed E-state index contributed by atoms with van der Waals surface area (Å²) >= 11 is 5.93. The number of nitrogens with one attached hydrogen (secondary N) is 1. The highest BCUT2D eigenvalue weighted by Gasteiger charge is 2.54. The van der Waals surface area contributed by atoms with E-state index in [-0.39, 0.29) is 17.6 Å². The number of rotatable bonds is 5. The Morgan fingerprint density at radius 1 is 1.06 bits per heavy atom. The van der Waals surface area contributed by atoms with Crippen LogP contribution >= 0.6 is 11.6 Å². The van der Waals surface area contributed by atoms with Crippen molar-refractivity contribution in [1.82, 2.24) is 20.1 Å². The highest BCUT2D eigenvalue weighted by Crippen LogP contribution is 2.45. The second-order valence-electron chi connectivity index (χ2n) is 9.20. The Hall–Kier alpha value is -2.15. The molecule has 4 heterocycles. The number of nitrogens with zero attached hydrogens (tertiary/aromatic N) is 3. The lowest BCUT2D eigenvalue weighted by Crippen LogP contribution is -2.57. The van der Waals surface area contributed by atoms with Gasteiger partial charge < -0.3 is 15.0 Å². The molecule has 1 N–H and O–H groups in total. The Morgan fingerprint density at radius 3 is 2.50 bits per heavy atom. The third-order valence-corrected chi connectivity index (χ3v) is 7.67. The van der Waals surface area contributed by atoms with E-state index in [1.54, 1.807) is 0 Å². The molecule has 0 unspecified atom stereocenters. The molecule has 0 bridgehead atoms. The predicted octanol–water partition coefficient (Wildman–Crippen LogP) is 4.05. The Bertz CT molecular complexity index is 911. The average Bonchev–Trinajstić information content (AvgIpc) is 3.20. The summed E-state index contributed by atoms with van der Waals surface area (Å²) in [7, 11) is 0. The maximum absolute atomic E-state index is 13.3. The Balaban J connectivity index is 1.36. The molecule has 6 nitrogen and oxygen atoms in total. The highest BCUT2D eigenvalue weighted by atomic mass is 35.5. The molecule has 1 atom stereocenters. The minimum atomic E-state index is -0.297. The summed E-state index contributed by atoms with van der Waals surface area (Å²) in [5.74, 6) is 0.399. The van der Waals surface area contributed by atoms with E-state index in [1.807, 2.05) is 18.3 Å². The zero-order valence-electron chi connectivity index (χ0n) is 18.4. The van der Waals surface area contributed by atoms with Crippen molar-refractivity contribution >= 4 is 17.6 Å². The van der Waals surface area contributed by atoms with Crippen molar-refractivity contribution in [3.8, 4) is 0 Å². The summed E-state index contributed by atoms with van der Waals surface area (Å²) in [6.07, 6.45) is 5.79. The van der Waals surface area contributed by atoms with Gasteiger partial charge in [-0.05, 0) is 48.8 Å². The van der Waals surface area contributed by atoms with Gasteiger partial charge in [0.05, 0.1) is 5.54 Å². The summed E-state index contributed by atoms with van der Waals surface area (Å²) in [5.41, 5.74) is 2.13. The van der Waals surface area contributed by atoms with Crippen LogP contribution in [0.2, 0.25) is 5.15 Å². The third-order valence-electron chi connectivity index (χ3n) is 7.45. The molecule has 0 radical (unpaired) electrons. The van der Waals surface area contributed by atoms with Gasteiger partial charge >= 0.3 is 6.03 Å². The van der Waals surface area contributed by atoms with Crippen molar-refractivity contribution in [2.45, 2.75) is 43.8 Å². The van der Waals surface area contributed by atoms with Crippen LogP contribution < -0.4 is 5.32 Å². The second-order valence-corrected chi connectivity index (χ2v) is 9.59. The van der Waals surface area contributed by atoms with Crippen LogP contribution in [0.3, 0.4) is 0 Å². The molecule has 1 aromatic carbocycles. The molecule has 170 valence electrons. The number of hydrogen-bond acceptors (Lipinski definition) is 4. The van der Waals surface area contributed by atoms with E-state index in [9.17, 15) is 4.79 Å². The number of carbonyl (C=O) groups excluding carboxylic acids is 1. The molecule has 0 aliphatic carbocycles. The fourth-order valence-electron chi connectivity index (χ4n) is 5.87. The number of benzene rings is 1. The van der Waals surface area contributed by atoms with Crippen LogP contribution in [-0.2, 0) is 16.8 Å². The lowest BCUT2D eigenvalue weighted by atomic mass is 9.72. The summed E-state index contributed by atoms with van der Waals surface area (Å²) in [5, 5.41) is 3.75. The van der Waals surface area contributed by atoms with Crippen molar-refractivity contribution in [2.75, 3.05) is 32.8 Å². The molecule has 3 aliphatic rings. The quantitative estimate of drug-likeness (QED) is 0.692. The lowest BCUT2D eigenvalue weighted by molar-refractivity contribution is -0.0210. The standard InChI is InChI=1S/C25H31ClN4O2/c26-23-7-6-19(16-27-23)17-29-12-8-22(9-13-29)30-24(31)28-18-25(30,20-4-2-1-3-5-20)21-10-14-32-15-11-21/h1-7,16,21-22H,8-15,17-18H2,(H,28,31)/t25-/m0/s1. The van der Waals surface area contributed by atoms with Crippen molar-refractivity contribution in [3.05, 3.63) is 64.9 Å². The maximum Gasteiger partial charge on any atom is 0.318 e. The topological polar surface area (TPSA) is 57.7 Å². The molecular formula is C25H31ClN4O2. The highest BCUT2D eigenvalue weighted by molar-refractivity contribution is 6.29. The average molecular weight is 455 g/mol. The lowest BCUT2D eigenvalue weighted by Gasteiger charge is -2.49. The van der Waals surface area contributed by atoms with Crippen LogP contribution in [0, 0.1) is 5.92 Å². The fraction of sp³-hybridized carbons (Fsp3) is 0.520. The van der Waals surface area contributed by atoms with Crippen LogP contribution in [0.25, 0.3) is 0 Å². The molecule has 0 saturated carbocycles. The summed E-state index contributed by atoms with van der Waals surface area (Å²) in [6, 6.07) is 14.9. The van der Waals surface area contributed by atoms with Crippen LogP contribution in [-0.4, -0.2) is 59.7 Å². The van der Waals surface area contributed by atoms with Gasteiger partial charge in [0.15, 0.2) is 0 Å². The van der Waals surface area contributed by atoms with Crippen LogP contribution in [0.4, 0.5) is 4.79 Å². The van der Waals surface area contributed by atoms with Gasteiger partial charge in [0.1, 0.15) is 5.15 Å². The minimum absolute atomic E-state index is 0.0840. The first-order chi connectivity index (χ1) is 15.7. The normalized spacial score (nSPS) is 25.8. The Labute approximate surface area is 194 Å². The first kappa shape index (κ1) is 21.7. The molecule has 5 rings (SSSR count). The van der Waals surface area contributed by atoms with E-state index in [1.165, 1.54) is 11.1 Å². The predicted molar refractivity (Wildman–Crippen MR) is 124 cm³/mol. The van der Waals surface area contributed by atoms with Crippen LogP contribution in [0.1, 0.15) is 36.8 Å². The molecule has 2 amide bonds. The molecule has 2 aromatic rings. The van der Waals surface area contributed by atoms with Gasteiger partial charge in [-0.15, -0.1) is 0 Å². The zero-order chi connectivity index (χ0) is 22.0. The number of likely N-dealkylation sites (tertiary alicyclic amines) is 1.